The summed E-state index contributed by atoms with van der Waals surface area (Å²) >= 11 is 12.0. The fourth-order valence-electron chi connectivity index (χ4n) is 4.21. The predicted octanol–water partition coefficient (Wildman–Crippen LogP) is 6.96. The molecule has 5 nitrogen and oxygen atoms in total. The summed E-state index contributed by atoms with van der Waals surface area (Å²) < 4.78 is 42.7. The minimum Gasteiger partial charge on any atom is -0.406 e. The predicted molar refractivity (Wildman–Crippen MR) is 124 cm³/mol. The molecule has 4 rings (SSSR count). The number of aliphatic hydroxyl groups is 1. The highest BCUT2D eigenvalue weighted by Gasteiger charge is 2.64. The number of halogens is 5. The van der Waals surface area contributed by atoms with Crippen molar-refractivity contribution in [3.63, 3.8) is 0 Å². The van der Waals surface area contributed by atoms with Gasteiger partial charge in [-0.05, 0) is 74.5 Å². The van der Waals surface area contributed by atoms with Crippen LogP contribution in [0.15, 0.2) is 72.8 Å². The maximum Gasteiger partial charge on any atom is 0.573 e. The lowest BCUT2D eigenvalue weighted by Crippen LogP contribution is -2.56. The topological polar surface area (TPSA) is 53.0 Å². The van der Waals surface area contributed by atoms with Crippen molar-refractivity contribution in [3.05, 3.63) is 88.4 Å². The molecule has 0 saturated carbocycles. The fraction of sp³-hybridized carbons (Fsp3) is 0.208. The quantitative estimate of drug-likeness (QED) is 0.412. The van der Waals surface area contributed by atoms with Crippen molar-refractivity contribution >= 4 is 40.6 Å². The maximum atomic E-state index is 13.8. The number of hydrogen-bond donors (Lipinski definition) is 1. The number of alkyl halides is 3. The van der Waals surface area contributed by atoms with Crippen molar-refractivity contribution in [2.24, 2.45) is 0 Å². The van der Waals surface area contributed by atoms with Crippen molar-refractivity contribution < 1.29 is 27.8 Å². The molecule has 1 fully saturated rings. The van der Waals surface area contributed by atoms with Gasteiger partial charge in [0.25, 0.3) is 0 Å². The Bertz CT molecular complexity index is 1220. The molecule has 1 atom stereocenters. The van der Waals surface area contributed by atoms with Crippen LogP contribution in [-0.2, 0) is 5.72 Å². The first kappa shape index (κ1) is 24.2. The Labute approximate surface area is 203 Å². The van der Waals surface area contributed by atoms with E-state index in [1.54, 1.807) is 62.4 Å². The van der Waals surface area contributed by atoms with E-state index in [1.165, 1.54) is 17.0 Å². The van der Waals surface area contributed by atoms with E-state index in [2.05, 4.69) is 4.74 Å². The van der Waals surface area contributed by atoms with Gasteiger partial charge < -0.3 is 9.84 Å². The smallest absolute Gasteiger partial charge is 0.406 e. The molecule has 0 aliphatic carbocycles. The molecule has 178 valence electrons. The molecule has 1 unspecified atom stereocenters. The molecular weight excluding hydrogens is 492 g/mol. The molecule has 10 heteroatoms. The monoisotopic (exact) mass is 510 g/mol. The summed E-state index contributed by atoms with van der Waals surface area (Å²) in [5.41, 5.74) is -2.71. The van der Waals surface area contributed by atoms with E-state index in [-0.39, 0.29) is 5.56 Å². The van der Waals surface area contributed by atoms with Gasteiger partial charge in [-0.25, -0.2) is 4.79 Å². The number of rotatable bonds is 4. The van der Waals surface area contributed by atoms with Gasteiger partial charge in [-0.3, -0.25) is 9.80 Å². The second-order valence-electron chi connectivity index (χ2n) is 8.21. The summed E-state index contributed by atoms with van der Waals surface area (Å²) in [5.74, 6) is -0.525. The molecule has 0 spiro atoms. The van der Waals surface area contributed by atoms with Gasteiger partial charge in [0.05, 0.1) is 5.54 Å². The molecule has 2 amide bonds. The Morgan fingerprint density at radius 3 is 1.85 bits per heavy atom. The van der Waals surface area contributed by atoms with Gasteiger partial charge in [0.1, 0.15) is 5.75 Å². The van der Waals surface area contributed by atoms with Crippen LogP contribution in [0.25, 0.3) is 0 Å². The lowest BCUT2D eigenvalue weighted by molar-refractivity contribution is -0.274. The van der Waals surface area contributed by atoms with Gasteiger partial charge in [-0.15, -0.1) is 13.2 Å². The standard InChI is InChI=1S/C24H19Cl2F3N2O3/c1-22(2)23(33,15-4-3-5-20(14-15)34-24(27,28)29)31(19-12-8-17(26)9-13-19)21(32)30(22)18-10-6-16(25)7-11-18/h3-14,33H,1-2H3. The van der Waals surface area contributed by atoms with Crippen LogP contribution >= 0.6 is 23.2 Å². The zero-order chi connectivity index (χ0) is 24.9. The van der Waals surface area contributed by atoms with E-state index < -0.39 is 29.4 Å². The minimum atomic E-state index is -4.92. The van der Waals surface area contributed by atoms with Gasteiger partial charge in [0.2, 0.25) is 0 Å². The number of anilines is 2. The molecule has 1 heterocycles. The molecule has 1 aliphatic heterocycles. The Kier molecular flexibility index (Phi) is 5.96. The third-order valence-corrected chi connectivity index (χ3v) is 6.26. The molecule has 0 aromatic heterocycles. The number of carbonyl (C=O) groups is 1. The molecule has 1 N–H and O–H groups in total. The number of urea groups is 1. The average Bonchev–Trinajstić information content (AvgIpc) is 2.91. The second-order valence-corrected chi connectivity index (χ2v) is 9.09. The Balaban J connectivity index is 1.93. The summed E-state index contributed by atoms with van der Waals surface area (Å²) in [6.45, 7) is 3.24. The number of amides is 2. The van der Waals surface area contributed by atoms with E-state index in [0.29, 0.717) is 21.4 Å². The van der Waals surface area contributed by atoms with Crippen molar-refractivity contribution in [2.75, 3.05) is 9.80 Å². The molecule has 3 aromatic rings. The van der Waals surface area contributed by atoms with Crippen molar-refractivity contribution in [3.8, 4) is 5.75 Å². The molecule has 3 aromatic carbocycles. The van der Waals surface area contributed by atoms with Crippen molar-refractivity contribution in [1.82, 2.24) is 0 Å². The van der Waals surface area contributed by atoms with E-state index in [4.69, 9.17) is 23.2 Å². The number of ether oxygens (including phenoxy) is 1. The molecular formula is C24H19Cl2F3N2O3. The lowest BCUT2D eigenvalue weighted by Gasteiger charge is -2.42. The number of hydrogen-bond acceptors (Lipinski definition) is 3. The van der Waals surface area contributed by atoms with Gasteiger partial charge in [-0.2, -0.15) is 0 Å². The van der Waals surface area contributed by atoms with E-state index in [0.717, 1.165) is 17.0 Å². The van der Waals surface area contributed by atoms with Crippen LogP contribution in [0.3, 0.4) is 0 Å². The molecule has 34 heavy (non-hydrogen) atoms. The first-order chi connectivity index (χ1) is 15.8. The molecule has 1 saturated heterocycles. The zero-order valence-corrected chi connectivity index (χ0v) is 19.5. The maximum absolute atomic E-state index is 13.8. The molecule has 0 bridgehead atoms. The minimum absolute atomic E-state index is 0.0269. The highest BCUT2D eigenvalue weighted by Crippen LogP contribution is 2.51. The summed E-state index contributed by atoms with van der Waals surface area (Å²) in [5, 5.41) is 13.1. The second kappa shape index (κ2) is 8.37. The third kappa shape index (κ3) is 4.06. The number of carbonyl (C=O) groups excluding carboxylic acids is 1. The summed E-state index contributed by atoms with van der Waals surface area (Å²) in [4.78, 5) is 16.3. The number of nitrogens with zero attached hydrogens (tertiary/aromatic N) is 2. The van der Waals surface area contributed by atoms with Crippen molar-refractivity contribution in [2.45, 2.75) is 31.5 Å². The van der Waals surface area contributed by atoms with Crippen LogP contribution in [0.4, 0.5) is 29.3 Å². The Morgan fingerprint density at radius 2 is 1.35 bits per heavy atom. The van der Waals surface area contributed by atoms with Crippen LogP contribution in [0.1, 0.15) is 19.4 Å². The summed E-state index contributed by atoms with van der Waals surface area (Å²) in [6.07, 6.45) is -4.92. The fourth-order valence-corrected chi connectivity index (χ4v) is 4.46. The normalized spacial score (nSPS) is 20.1. The summed E-state index contributed by atoms with van der Waals surface area (Å²) in [6, 6.07) is 17.0. The van der Waals surface area contributed by atoms with Gasteiger partial charge in [-0.1, -0.05) is 35.3 Å². The highest BCUT2D eigenvalue weighted by molar-refractivity contribution is 6.31. The molecule has 0 radical (unpaired) electrons. The van der Waals surface area contributed by atoms with Gasteiger partial charge >= 0.3 is 12.4 Å². The van der Waals surface area contributed by atoms with E-state index in [9.17, 15) is 23.1 Å². The number of benzene rings is 3. The highest BCUT2D eigenvalue weighted by atomic mass is 35.5. The van der Waals surface area contributed by atoms with Crippen LogP contribution in [-0.4, -0.2) is 23.0 Å². The van der Waals surface area contributed by atoms with Crippen LogP contribution in [0.5, 0.6) is 5.75 Å². The third-order valence-electron chi connectivity index (χ3n) is 5.76. The largest absolute Gasteiger partial charge is 0.573 e. The zero-order valence-electron chi connectivity index (χ0n) is 18.0. The van der Waals surface area contributed by atoms with Crippen LogP contribution in [0.2, 0.25) is 10.0 Å². The molecule has 1 aliphatic rings. The van der Waals surface area contributed by atoms with E-state index >= 15 is 0 Å². The first-order valence-corrected chi connectivity index (χ1v) is 10.8. The lowest BCUT2D eigenvalue weighted by atomic mass is 9.83. The summed E-state index contributed by atoms with van der Waals surface area (Å²) in [7, 11) is 0. The Hall–Kier alpha value is -2.94. The van der Waals surface area contributed by atoms with Gasteiger partial charge in [0, 0.05) is 27.0 Å². The Morgan fingerprint density at radius 1 is 0.853 bits per heavy atom. The van der Waals surface area contributed by atoms with Crippen LogP contribution < -0.4 is 14.5 Å². The van der Waals surface area contributed by atoms with Crippen molar-refractivity contribution in [1.29, 1.82) is 0 Å². The van der Waals surface area contributed by atoms with E-state index in [1.807, 2.05) is 0 Å². The first-order valence-electron chi connectivity index (χ1n) is 10.1. The average molecular weight is 511 g/mol. The van der Waals surface area contributed by atoms with Crippen LogP contribution in [0, 0.1) is 0 Å². The van der Waals surface area contributed by atoms with Gasteiger partial charge in [0.15, 0.2) is 5.72 Å². The SMILES string of the molecule is CC1(C)N(c2ccc(Cl)cc2)C(=O)N(c2ccc(Cl)cc2)C1(O)c1cccc(OC(F)(F)F)c1.